The number of amides is 1. The minimum Gasteiger partial charge on any atom is -0.477 e. The van der Waals surface area contributed by atoms with E-state index >= 15 is 0 Å². The largest absolute Gasteiger partial charge is 0.477 e. The number of aryl methyl sites for hydroxylation is 1. The van der Waals surface area contributed by atoms with Gasteiger partial charge in [-0.15, -0.1) is 0 Å². The van der Waals surface area contributed by atoms with E-state index in [1.807, 2.05) is 60.7 Å². The number of nitrogens with one attached hydrogen (secondary N) is 1. The standard InChI is InChI=1S/C20H19N3O4/c1-14-17(19(24)25)18(23(22-14)12-15-8-4-2-5-9-15)21-20(26)27-13-16-10-6-3-7-11-16/h2-11H,12-13H2,1H3,(H,21,26)(H,24,25). The maximum Gasteiger partial charge on any atom is 0.413 e. The fraction of sp³-hybridized carbons (Fsp3) is 0.150. The first-order chi connectivity index (χ1) is 13.0. The number of rotatable bonds is 6. The average Bonchev–Trinajstić information content (AvgIpc) is 2.96. The van der Waals surface area contributed by atoms with Crippen LogP contribution in [0.25, 0.3) is 0 Å². The van der Waals surface area contributed by atoms with Gasteiger partial charge in [0.1, 0.15) is 18.0 Å². The molecule has 0 saturated carbocycles. The summed E-state index contributed by atoms with van der Waals surface area (Å²) in [5.41, 5.74) is 2.03. The Kier molecular flexibility index (Phi) is 5.51. The van der Waals surface area contributed by atoms with Crippen LogP contribution >= 0.6 is 0 Å². The summed E-state index contributed by atoms with van der Waals surface area (Å²) < 4.78 is 6.65. The Morgan fingerprint density at radius 2 is 1.63 bits per heavy atom. The predicted octanol–water partition coefficient (Wildman–Crippen LogP) is 3.69. The van der Waals surface area contributed by atoms with Gasteiger partial charge in [-0.1, -0.05) is 60.7 Å². The van der Waals surface area contributed by atoms with Crippen LogP contribution in [0.1, 0.15) is 27.2 Å². The summed E-state index contributed by atoms with van der Waals surface area (Å²) in [5.74, 6) is -1.06. The van der Waals surface area contributed by atoms with E-state index in [1.54, 1.807) is 6.92 Å². The van der Waals surface area contributed by atoms with Crippen LogP contribution in [-0.4, -0.2) is 26.9 Å². The van der Waals surface area contributed by atoms with Crippen LogP contribution in [0.2, 0.25) is 0 Å². The van der Waals surface area contributed by atoms with Crippen LogP contribution in [0.3, 0.4) is 0 Å². The minimum absolute atomic E-state index is 0.0532. The number of hydrogen-bond acceptors (Lipinski definition) is 4. The number of aromatic carboxylic acids is 1. The molecule has 3 rings (SSSR count). The van der Waals surface area contributed by atoms with Gasteiger partial charge < -0.3 is 9.84 Å². The summed E-state index contributed by atoms with van der Waals surface area (Å²) in [6.07, 6.45) is -0.740. The number of ether oxygens (including phenoxy) is 1. The molecule has 0 aliphatic heterocycles. The molecule has 0 fully saturated rings. The zero-order chi connectivity index (χ0) is 19.2. The smallest absolute Gasteiger partial charge is 0.413 e. The topological polar surface area (TPSA) is 93.5 Å². The molecule has 0 atom stereocenters. The molecule has 0 unspecified atom stereocenters. The van der Waals surface area contributed by atoms with Crippen molar-refractivity contribution in [3.05, 3.63) is 83.0 Å². The summed E-state index contributed by atoms with van der Waals surface area (Å²) in [7, 11) is 0. The summed E-state index contributed by atoms with van der Waals surface area (Å²) in [6.45, 7) is 2.00. The molecule has 7 nitrogen and oxygen atoms in total. The number of aromatic nitrogens is 2. The first kappa shape index (κ1) is 18.2. The number of anilines is 1. The third kappa shape index (κ3) is 4.52. The summed E-state index contributed by atoms with van der Waals surface area (Å²) >= 11 is 0. The summed E-state index contributed by atoms with van der Waals surface area (Å²) in [6, 6.07) is 18.7. The van der Waals surface area contributed by atoms with E-state index in [-0.39, 0.29) is 18.0 Å². The van der Waals surface area contributed by atoms with Crippen LogP contribution in [-0.2, 0) is 17.9 Å². The van der Waals surface area contributed by atoms with Gasteiger partial charge in [0.15, 0.2) is 0 Å². The quantitative estimate of drug-likeness (QED) is 0.695. The van der Waals surface area contributed by atoms with Crippen molar-refractivity contribution in [3.8, 4) is 0 Å². The van der Waals surface area contributed by atoms with Gasteiger partial charge in [0, 0.05) is 0 Å². The van der Waals surface area contributed by atoms with Crippen molar-refractivity contribution in [2.75, 3.05) is 5.32 Å². The minimum atomic E-state index is -1.16. The van der Waals surface area contributed by atoms with E-state index in [0.717, 1.165) is 11.1 Å². The SMILES string of the molecule is Cc1nn(Cc2ccccc2)c(NC(=O)OCc2ccccc2)c1C(=O)O. The highest BCUT2D eigenvalue weighted by atomic mass is 16.5. The van der Waals surface area contributed by atoms with Crippen molar-refractivity contribution in [1.29, 1.82) is 0 Å². The second-order valence-electron chi connectivity index (χ2n) is 5.94. The zero-order valence-electron chi connectivity index (χ0n) is 14.8. The van der Waals surface area contributed by atoms with E-state index in [1.165, 1.54) is 4.68 Å². The van der Waals surface area contributed by atoms with Crippen LogP contribution in [0, 0.1) is 6.92 Å². The molecular formula is C20H19N3O4. The van der Waals surface area contributed by atoms with Crippen molar-refractivity contribution < 1.29 is 19.4 Å². The van der Waals surface area contributed by atoms with E-state index in [2.05, 4.69) is 10.4 Å². The highest BCUT2D eigenvalue weighted by Crippen LogP contribution is 2.21. The molecule has 1 aromatic heterocycles. The van der Waals surface area contributed by atoms with E-state index in [0.29, 0.717) is 12.2 Å². The third-order valence-corrected chi connectivity index (χ3v) is 3.95. The molecule has 2 N–H and O–H groups in total. The van der Waals surface area contributed by atoms with Gasteiger partial charge in [0.2, 0.25) is 0 Å². The molecule has 0 radical (unpaired) electrons. The molecule has 1 heterocycles. The molecule has 27 heavy (non-hydrogen) atoms. The fourth-order valence-corrected chi connectivity index (χ4v) is 2.69. The monoisotopic (exact) mass is 365 g/mol. The van der Waals surface area contributed by atoms with Gasteiger partial charge in [-0.25, -0.2) is 14.3 Å². The normalized spacial score (nSPS) is 10.4. The number of carbonyl (C=O) groups excluding carboxylic acids is 1. The molecule has 0 aliphatic carbocycles. The second-order valence-corrected chi connectivity index (χ2v) is 5.94. The molecule has 1 amide bonds. The van der Waals surface area contributed by atoms with E-state index < -0.39 is 12.1 Å². The number of nitrogens with zero attached hydrogens (tertiary/aromatic N) is 2. The highest BCUT2D eigenvalue weighted by Gasteiger charge is 2.23. The lowest BCUT2D eigenvalue weighted by molar-refractivity contribution is 0.0697. The Balaban J connectivity index is 1.79. The molecule has 3 aromatic rings. The third-order valence-electron chi connectivity index (χ3n) is 3.95. The van der Waals surface area contributed by atoms with Gasteiger partial charge in [0.25, 0.3) is 0 Å². The first-order valence-electron chi connectivity index (χ1n) is 8.37. The summed E-state index contributed by atoms with van der Waals surface area (Å²) in [5, 5.41) is 16.3. The van der Waals surface area contributed by atoms with Crippen LogP contribution in [0.5, 0.6) is 0 Å². The van der Waals surface area contributed by atoms with Gasteiger partial charge in [0.05, 0.1) is 12.2 Å². The Labute approximate surface area is 156 Å². The first-order valence-corrected chi connectivity index (χ1v) is 8.37. The lowest BCUT2D eigenvalue weighted by Crippen LogP contribution is -2.19. The van der Waals surface area contributed by atoms with Crippen molar-refractivity contribution in [2.45, 2.75) is 20.1 Å². The number of carboxylic acid groups (broad SMARTS) is 1. The Hall–Kier alpha value is -3.61. The number of benzene rings is 2. The molecular weight excluding hydrogens is 346 g/mol. The van der Waals surface area contributed by atoms with Gasteiger partial charge >= 0.3 is 12.1 Å². The van der Waals surface area contributed by atoms with Crippen molar-refractivity contribution in [1.82, 2.24) is 9.78 Å². The Bertz CT molecular complexity index is 937. The van der Waals surface area contributed by atoms with Crippen LogP contribution < -0.4 is 5.32 Å². The van der Waals surface area contributed by atoms with Gasteiger partial charge in [-0.2, -0.15) is 5.10 Å². The molecule has 2 aromatic carbocycles. The van der Waals surface area contributed by atoms with Gasteiger partial charge in [-0.3, -0.25) is 5.32 Å². The molecule has 138 valence electrons. The van der Waals surface area contributed by atoms with Crippen molar-refractivity contribution in [3.63, 3.8) is 0 Å². The van der Waals surface area contributed by atoms with Crippen LogP contribution in [0.15, 0.2) is 60.7 Å². The lowest BCUT2D eigenvalue weighted by Gasteiger charge is -2.11. The van der Waals surface area contributed by atoms with Crippen molar-refractivity contribution >= 4 is 17.9 Å². The van der Waals surface area contributed by atoms with Crippen LogP contribution in [0.4, 0.5) is 10.6 Å². The molecule has 0 aliphatic rings. The van der Waals surface area contributed by atoms with E-state index in [4.69, 9.17) is 4.74 Å². The van der Waals surface area contributed by atoms with Crippen molar-refractivity contribution in [2.24, 2.45) is 0 Å². The maximum absolute atomic E-state index is 12.2. The molecule has 0 bridgehead atoms. The molecule has 0 spiro atoms. The Morgan fingerprint density at radius 3 is 2.22 bits per heavy atom. The predicted molar refractivity (Wildman–Crippen MR) is 99.7 cm³/mol. The zero-order valence-corrected chi connectivity index (χ0v) is 14.8. The second kappa shape index (κ2) is 8.18. The number of hydrogen-bond donors (Lipinski definition) is 2. The van der Waals surface area contributed by atoms with Gasteiger partial charge in [-0.05, 0) is 18.1 Å². The molecule has 7 heteroatoms. The summed E-state index contributed by atoms with van der Waals surface area (Å²) in [4.78, 5) is 23.8. The Morgan fingerprint density at radius 1 is 1.04 bits per heavy atom. The van der Waals surface area contributed by atoms with E-state index in [9.17, 15) is 14.7 Å². The average molecular weight is 365 g/mol. The fourth-order valence-electron chi connectivity index (χ4n) is 2.69. The maximum atomic E-state index is 12.2. The lowest BCUT2D eigenvalue weighted by atomic mass is 10.2. The molecule has 0 saturated heterocycles. The number of carbonyl (C=O) groups is 2. The number of carboxylic acids is 1. The highest BCUT2D eigenvalue weighted by molar-refractivity contribution is 5.98.